The van der Waals surface area contributed by atoms with E-state index in [1.165, 1.54) is 42.6 Å². The van der Waals surface area contributed by atoms with Crippen molar-refractivity contribution in [2.75, 3.05) is 6.54 Å². The van der Waals surface area contributed by atoms with Crippen LogP contribution in [0.15, 0.2) is 0 Å². The molecule has 0 aromatic carbocycles. The van der Waals surface area contributed by atoms with E-state index in [0.717, 1.165) is 31.6 Å². The molecule has 1 aliphatic rings. The lowest BCUT2D eigenvalue weighted by Gasteiger charge is -2.17. The van der Waals surface area contributed by atoms with Gasteiger partial charge in [0.25, 0.3) is 0 Å². The monoisotopic (exact) mass is 289 g/mol. The van der Waals surface area contributed by atoms with Crippen LogP contribution < -0.4 is 5.32 Å². The Morgan fingerprint density at radius 2 is 1.62 bits per heavy atom. The number of hydrogen-bond donors (Lipinski definition) is 1. The van der Waals surface area contributed by atoms with Gasteiger partial charge < -0.3 is 5.32 Å². The van der Waals surface area contributed by atoms with Crippen molar-refractivity contribution in [2.45, 2.75) is 84.6 Å². The first-order valence-electron chi connectivity index (χ1n) is 8.77. The molecule has 118 valence electrons. The maximum atomic E-state index is 4.94. The van der Waals surface area contributed by atoms with Crippen molar-refractivity contribution in [3.8, 4) is 0 Å². The fourth-order valence-corrected chi connectivity index (χ4v) is 3.33. The molecule has 1 heterocycles. The van der Waals surface area contributed by atoms with Crippen LogP contribution in [0.4, 0.5) is 0 Å². The normalized spacial score (nSPS) is 16.0. The summed E-state index contributed by atoms with van der Waals surface area (Å²) in [6, 6.07) is 0.541. The Bertz CT molecular complexity index is 423. The van der Waals surface area contributed by atoms with E-state index in [9.17, 15) is 0 Å². The predicted octanol–water partition coefficient (Wildman–Crippen LogP) is 3.80. The molecule has 0 bridgehead atoms. The van der Waals surface area contributed by atoms with Crippen LogP contribution in [0.3, 0.4) is 0 Å². The molecule has 1 aromatic heterocycles. The lowest BCUT2D eigenvalue weighted by molar-refractivity contribution is 0.583. The largest absolute Gasteiger partial charge is 0.314 e. The molecule has 0 saturated heterocycles. The fourth-order valence-electron chi connectivity index (χ4n) is 3.33. The molecule has 3 nitrogen and oxygen atoms in total. The van der Waals surface area contributed by atoms with Crippen molar-refractivity contribution in [2.24, 2.45) is 0 Å². The number of nitrogens with zero attached hydrogens (tertiary/aromatic N) is 2. The highest BCUT2D eigenvalue weighted by Gasteiger charge is 2.22. The third-order valence-corrected chi connectivity index (χ3v) is 4.51. The van der Waals surface area contributed by atoms with E-state index >= 15 is 0 Å². The lowest BCUT2D eigenvalue weighted by atomic mass is 10.0. The van der Waals surface area contributed by atoms with Crippen molar-refractivity contribution in [1.29, 1.82) is 0 Å². The number of aryl methyl sites for hydroxylation is 2. The van der Waals surface area contributed by atoms with E-state index in [0.29, 0.717) is 12.0 Å². The molecule has 1 saturated carbocycles. The molecule has 0 aliphatic heterocycles. The molecule has 3 heteroatoms. The minimum Gasteiger partial charge on any atom is -0.314 e. The summed E-state index contributed by atoms with van der Waals surface area (Å²) < 4.78 is 0. The molecule has 0 radical (unpaired) electrons. The van der Waals surface area contributed by atoms with Crippen LogP contribution >= 0.6 is 0 Å². The SMILES string of the molecule is CCc1nc(C2CCCC2)nc(CC)c1CCNC(C)C. The van der Waals surface area contributed by atoms with Crippen molar-refractivity contribution >= 4 is 0 Å². The molecule has 2 rings (SSSR count). The maximum Gasteiger partial charge on any atom is 0.131 e. The van der Waals surface area contributed by atoms with Crippen LogP contribution in [0.5, 0.6) is 0 Å². The van der Waals surface area contributed by atoms with Gasteiger partial charge >= 0.3 is 0 Å². The second kappa shape index (κ2) is 7.88. The Morgan fingerprint density at radius 3 is 2.10 bits per heavy atom. The zero-order valence-electron chi connectivity index (χ0n) is 14.2. The summed E-state index contributed by atoms with van der Waals surface area (Å²) in [5.74, 6) is 1.74. The molecule has 0 amide bonds. The van der Waals surface area contributed by atoms with Crippen LogP contribution in [-0.4, -0.2) is 22.6 Å². The van der Waals surface area contributed by atoms with Gasteiger partial charge in [-0.3, -0.25) is 0 Å². The van der Waals surface area contributed by atoms with E-state index in [4.69, 9.17) is 9.97 Å². The predicted molar refractivity (Wildman–Crippen MR) is 88.8 cm³/mol. The molecule has 1 fully saturated rings. The summed E-state index contributed by atoms with van der Waals surface area (Å²) in [6.45, 7) is 9.85. The van der Waals surface area contributed by atoms with Gasteiger partial charge in [-0.1, -0.05) is 40.5 Å². The maximum absolute atomic E-state index is 4.94. The quantitative estimate of drug-likeness (QED) is 0.829. The first-order chi connectivity index (χ1) is 10.2. The Hall–Kier alpha value is -0.960. The second-order valence-corrected chi connectivity index (χ2v) is 6.50. The Labute approximate surface area is 130 Å². The molecule has 0 atom stereocenters. The second-order valence-electron chi connectivity index (χ2n) is 6.50. The molecular formula is C18H31N3. The number of hydrogen-bond acceptors (Lipinski definition) is 3. The van der Waals surface area contributed by atoms with E-state index < -0.39 is 0 Å². The summed E-state index contributed by atoms with van der Waals surface area (Å²) in [5, 5.41) is 3.51. The topological polar surface area (TPSA) is 37.8 Å². The summed E-state index contributed by atoms with van der Waals surface area (Å²) in [4.78, 5) is 9.88. The van der Waals surface area contributed by atoms with Gasteiger partial charge in [0.15, 0.2) is 0 Å². The highest BCUT2D eigenvalue weighted by atomic mass is 14.9. The van der Waals surface area contributed by atoms with Gasteiger partial charge in [0, 0.05) is 23.3 Å². The lowest BCUT2D eigenvalue weighted by Crippen LogP contribution is -2.26. The van der Waals surface area contributed by atoms with Gasteiger partial charge in [0.1, 0.15) is 5.82 Å². The smallest absolute Gasteiger partial charge is 0.131 e. The summed E-state index contributed by atoms with van der Waals surface area (Å²) in [5.41, 5.74) is 3.97. The van der Waals surface area contributed by atoms with Crippen molar-refractivity contribution in [3.05, 3.63) is 22.8 Å². The highest BCUT2D eigenvalue weighted by Crippen LogP contribution is 2.33. The highest BCUT2D eigenvalue weighted by molar-refractivity contribution is 5.28. The van der Waals surface area contributed by atoms with Crippen LogP contribution in [0.2, 0.25) is 0 Å². The van der Waals surface area contributed by atoms with Crippen LogP contribution in [-0.2, 0) is 19.3 Å². The summed E-state index contributed by atoms with van der Waals surface area (Å²) in [6.07, 6.45) is 8.34. The van der Waals surface area contributed by atoms with Gasteiger partial charge in [0.05, 0.1) is 0 Å². The van der Waals surface area contributed by atoms with Gasteiger partial charge in [-0.15, -0.1) is 0 Å². The van der Waals surface area contributed by atoms with Gasteiger partial charge in [-0.05, 0) is 44.2 Å². The molecular weight excluding hydrogens is 258 g/mol. The molecule has 21 heavy (non-hydrogen) atoms. The van der Waals surface area contributed by atoms with Gasteiger partial charge in [-0.2, -0.15) is 0 Å². The van der Waals surface area contributed by atoms with Crippen LogP contribution in [0.25, 0.3) is 0 Å². The molecule has 1 aliphatic carbocycles. The van der Waals surface area contributed by atoms with Crippen molar-refractivity contribution < 1.29 is 0 Å². The molecule has 0 spiro atoms. The zero-order valence-corrected chi connectivity index (χ0v) is 14.2. The number of rotatable bonds is 7. The minimum atomic E-state index is 0.541. The van der Waals surface area contributed by atoms with Crippen LogP contribution in [0.1, 0.15) is 82.1 Å². The average Bonchev–Trinajstić information content (AvgIpc) is 3.00. The first kappa shape index (κ1) is 16.4. The first-order valence-corrected chi connectivity index (χ1v) is 8.77. The molecule has 0 unspecified atom stereocenters. The summed E-state index contributed by atoms with van der Waals surface area (Å²) in [7, 11) is 0. The molecule has 1 N–H and O–H groups in total. The Morgan fingerprint density at radius 1 is 1.05 bits per heavy atom. The number of aromatic nitrogens is 2. The number of nitrogens with one attached hydrogen (secondary N) is 1. The van der Waals surface area contributed by atoms with Crippen LogP contribution in [0, 0.1) is 0 Å². The van der Waals surface area contributed by atoms with E-state index in [-0.39, 0.29) is 0 Å². The van der Waals surface area contributed by atoms with Gasteiger partial charge in [0.2, 0.25) is 0 Å². The molecule has 1 aromatic rings. The summed E-state index contributed by atoms with van der Waals surface area (Å²) >= 11 is 0. The third-order valence-electron chi connectivity index (χ3n) is 4.51. The van der Waals surface area contributed by atoms with Crippen molar-refractivity contribution in [3.63, 3.8) is 0 Å². The van der Waals surface area contributed by atoms with E-state index in [2.05, 4.69) is 33.0 Å². The zero-order chi connectivity index (χ0) is 15.2. The Kier molecular flexibility index (Phi) is 6.16. The standard InChI is InChI=1S/C18H31N3/c1-5-16-15(11-12-19-13(3)4)17(6-2)21-18(20-16)14-9-7-8-10-14/h13-14,19H,5-12H2,1-4H3. The van der Waals surface area contributed by atoms with E-state index in [1.807, 2.05) is 0 Å². The minimum absolute atomic E-state index is 0.541. The average molecular weight is 289 g/mol. The van der Waals surface area contributed by atoms with Crippen molar-refractivity contribution in [1.82, 2.24) is 15.3 Å². The van der Waals surface area contributed by atoms with Gasteiger partial charge in [-0.25, -0.2) is 9.97 Å². The Balaban J connectivity index is 2.21. The fraction of sp³-hybridized carbons (Fsp3) is 0.778. The van der Waals surface area contributed by atoms with E-state index in [1.54, 1.807) is 0 Å². The third kappa shape index (κ3) is 4.26.